The van der Waals surface area contributed by atoms with E-state index >= 15 is 0 Å². The highest BCUT2D eigenvalue weighted by Gasteiger charge is 2.43. The van der Waals surface area contributed by atoms with E-state index in [1.807, 2.05) is 0 Å². The molecule has 4 atom stereocenters. The maximum absolute atomic E-state index is 12.5. The molecule has 2 rings (SSSR count). The summed E-state index contributed by atoms with van der Waals surface area (Å²) in [5.41, 5.74) is -0.0466. The lowest BCUT2D eigenvalue weighted by Crippen LogP contribution is -2.63. The van der Waals surface area contributed by atoms with E-state index in [9.17, 15) is 9.59 Å². The van der Waals surface area contributed by atoms with Crippen molar-refractivity contribution in [1.82, 2.24) is 10.6 Å². The van der Waals surface area contributed by atoms with Crippen molar-refractivity contribution < 1.29 is 19.1 Å². The molecule has 6 nitrogen and oxygen atoms in total. The smallest absolute Gasteiger partial charge is 0.306 e. The van der Waals surface area contributed by atoms with Crippen LogP contribution in [0, 0.1) is 17.8 Å². The minimum Gasteiger partial charge on any atom is -0.462 e. The molecular formula is C32H60N2O4. The Morgan fingerprint density at radius 1 is 0.711 bits per heavy atom. The van der Waals surface area contributed by atoms with Crippen molar-refractivity contribution in [3.05, 3.63) is 0 Å². The number of unbranched alkanes of at least 4 members (excludes halogenated alkanes) is 5. The topological polar surface area (TPSA) is 76.7 Å². The van der Waals surface area contributed by atoms with Crippen LogP contribution in [0.4, 0.5) is 0 Å². The number of ether oxygens (including phenoxy) is 2. The van der Waals surface area contributed by atoms with Gasteiger partial charge >= 0.3 is 11.9 Å². The summed E-state index contributed by atoms with van der Waals surface area (Å²) in [6, 6.07) is 0.830. The Kier molecular flexibility index (Phi) is 13.1. The van der Waals surface area contributed by atoms with Gasteiger partial charge in [0, 0.05) is 61.7 Å². The van der Waals surface area contributed by atoms with Gasteiger partial charge in [-0.25, -0.2) is 0 Å². The molecule has 6 heteroatoms. The molecule has 222 valence electrons. The van der Waals surface area contributed by atoms with Crippen LogP contribution in [-0.2, 0) is 19.1 Å². The van der Waals surface area contributed by atoms with E-state index in [1.165, 1.54) is 0 Å². The molecule has 2 fully saturated rings. The molecule has 2 N–H and O–H groups in total. The van der Waals surface area contributed by atoms with Gasteiger partial charge in [0.05, 0.1) is 0 Å². The summed E-state index contributed by atoms with van der Waals surface area (Å²) in [4.78, 5) is 25.0. The quantitative estimate of drug-likeness (QED) is 0.185. The molecule has 2 saturated heterocycles. The van der Waals surface area contributed by atoms with Gasteiger partial charge in [0.1, 0.15) is 12.2 Å². The van der Waals surface area contributed by atoms with Crippen LogP contribution >= 0.6 is 0 Å². The van der Waals surface area contributed by atoms with Crippen molar-refractivity contribution >= 4 is 11.9 Å². The van der Waals surface area contributed by atoms with Crippen molar-refractivity contribution in [3.63, 3.8) is 0 Å². The first-order chi connectivity index (χ1) is 17.7. The summed E-state index contributed by atoms with van der Waals surface area (Å²) in [5.74, 6) is 1.45. The fourth-order valence-corrected chi connectivity index (χ4v) is 6.29. The van der Waals surface area contributed by atoms with Gasteiger partial charge < -0.3 is 20.1 Å². The Morgan fingerprint density at radius 2 is 1.16 bits per heavy atom. The summed E-state index contributed by atoms with van der Waals surface area (Å²) < 4.78 is 11.8. The number of carbonyl (C=O) groups is 2. The summed E-state index contributed by atoms with van der Waals surface area (Å²) in [6.45, 7) is 20.0. The second-order valence-corrected chi connectivity index (χ2v) is 14.2. The average Bonchev–Trinajstić information content (AvgIpc) is 2.79. The molecule has 0 aromatic rings. The van der Waals surface area contributed by atoms with Gasteiger partial charge in [-0.15, -0.1) is 0 Å². The number of rotatable bonds is 14. The Labute approximate surface area is 234 Å². The minimum atomic E-state index is -0.0566. The summed E-state index contributed by atoms with van der Waals surface area (Å²) >= 11 is 0. The fraction of sp³-hybridized carbons (Fsp3) is 0.938. The number of nitrogens with one attached hydrogen (secondary N) is 2. The van der Waals surface area contributed by atoms with Crippen LogP contribution in [0.5, 0.6) is 0 Å². The number of carbonyl (C=O) groups excluding carboxylic acids is 2. The first-order valence-electron chi connectivity index (χ1n) is 15.6. The number of hydrogen-bond acceptors (Lipinski definition) is 6. The van der Waals surface area contributed by atoms with Crippen LogP contribution in [0.2, 0.25) is 0 Å². The first-order valence-corrected chi connectivity index (χ1v) is 15.6. The van der Waals surface area contributed by atoms with E-state index in [4.69, 9.17) is 9.47 Å². The minimum absolute atomic E-state index is 0.0108. The lowest BCUT2D eigenvalue weighted by molar-refractivity contribution is -0.154. The Bertz CT molecular complexity index is 719. The third-order valence-electron chi connectivity index (χ3n) is 8.97. The lowest BCUT2D eigenvalue weighted by atomic mass is 9.74. The summed E-state index contributed by atoms with van der Waals surface area (Å²) in [6.07, 6.45) is 10.6. The van der Waals surface area contributed by atoms with Gasteiger partial charge in [0.25, 0.3) is 0 Å². The highest BCUT2D eigenvalue weighted by molar-refractivity contribution is 5.69. The van der Waals surface area contributed by atoms with E-state index in [0.717, 1.165) is 64.2 Å². The highest BCUT2D eigenvalue weighted by atomic mass is 16.5. The summed E-state index contributed by atoms with van der Waals surface area (Å²) in [5, 5.41) is 7.51. The van der Waals surface area contributed by atoms with Crippen molar-refractivity contribution in [2.75, 3.05) is 0 Å². The van der Waals surface area contributed by atoms with Gasteiger partial charge in [-0.05, 0) is 51.4 Å². The molecule has 2 aliphatic heterocycles. The standard InChI is InChI=1S/C32H60N2O4/c1-22(2)27-18-25(19-28(33-27)23(3)4)37-29(35)16-14-12-10-11-13-15-17-30(36)38-26-20-31(7,8)34-32(9,21-26)24(5)6/h22-28,33-34H,10-21H2,1-9H3. The number of piperidine rings is 2. The monoisotopic (exact) mass is 536 g/mol. The number of esters is 2. The highest BCUT2D eigenvalue weighted by Crippen LogP contribution is 2.35. The van der Waals surface area contributed by atoms with E-state index in [-0.39, 0.29) is 35.2 Å². The molecule has 0 bridgehead atoms. The molecule has 4 unspecified atom stereocenters. The SMILES string of the molecule is CC(C)C1CC(OC(=O)CCCCCCCCC(=O)OC2CC(C)(C)NC(C)(C(C)C)C2)CC(C(C)C)N1. The Hall–Kier alpha value is -1.14. The Morgan fingerprint density at radius 3 is 1.61 bits per heavy atom. The van der Waals surface area contributed by atoms with E-state index in [2.05, 4.69) is 72.9 Å². The van der Waals surface area contributed by atoms with Crippen molar-refractivity contribution in [2.45, 2.75) is 175 Å². The third-order valence-corrected chi connectivity index (χ3v) is 8.97. The second-order valence-electron chi connectivity index (χ2n) is 14.2. The number of hydrogen-bond donors (Lipinski definition) is 2. The Balaban J connectivity index is 1.56. The molecule has 2 aliphatic rings. The molecule has 0 aromatic heterocycles. The molecular weight excluding hydrogens is 476 g/mol. The summed E-state index contributed by atoms with van der Waals surface area (Å²) in [7, 11) is 0. The van der Waals surface area contributed by atoms with Crippen LogP contribution in [0.15, 0.2) is 0 Å². The zero-order chi connectivity index (χ0) is 28.5. The largest absolute Gasteiger partial charge is 0.462 e. The third kappa shape index (κ3) is 11.2. The maximum atomic E-state index is 12.5. The predicted octanol–water partition coefficient (Wildman–Crippen LogP) is 6.94. The van der Waals surface area contributed by atoms with Crippen molar-refractivity contribution in [1.29, 1.82) is 0 Å². The normalized spacial score (nSPS) is 29.6. The zero-order valence-corrected chi connectivity index (χ0v) is 26.2. The van der Waals surface area contributed by atoms with Crippen molar-refractivity contribution in [3.8, 4) is 0 Å². The van der Waals surface area contributed by atoms with Crippen LogP contribution < -0.4 is 10.6 Å². The van der Waals surface area contributed by atoms with Gasteiger partial charge in [-0.3, -0.25) is 9.59 Å². The second kappa shape index (κ2) is 15.0. The molecule has 0 aromatic carbocycles. The molecule has 0 amide bonds. The molecule has 0 aliphatic carbocycles. The van der Waals surface area contributed by atoms with Gasteiger partial charge in [-0.1, -0.05) is 67.2 Å². The van der Waals surface area contributed by atoms with Crippen molar-refractivity contribution in [2.24, 2.45) is 17.8 Å². The molecule has 0 spiro atoms. The first kappa shape index (κ1) is 33.1. The average molecular weight is 537 g/mol. The molecule has 38 heavy (non-hydrogen) atoms. The van der Waals surface area contributed by atoms with Crippen LogP contribution in [0.3, 0.4) is 0 Å². The predicted molar refractivity (Wildman–Crippen MR) is 156 cm³/mol. The zero-order valence-electron chi connectivity index (χ0n) is 26.2. The lowest BCUT2D eigenvalue weighted by Gasteiger charge is -2.49. The van der Waals surface area contributed by atoms with Gasteiger partial charge in [0.15, 0.2) is 0 Å². The molecule has 0 radical (unpaired) electrons. The molecule has 0 saturated carbocycles. The van der Waals surface area contributed by atoms with E-state index in [1.54, 1.807) is 0 Å². The fourth-order valence-electron chi connectivity index (χ4n) is 6.29. The van der Waals surface area contributed by atoms with Crippen LogP contribution in [0.1, 0.15) is 139 Å². The van der Waals surface area contributed by atoms with Crippen LogP contribution in [-0.4, -0.2) is 47.3 Å². The van der Waals surface area contributed by atoms with Crippen LogP contribution in [0.25, 0.3) is 0 Å². The van der Waals surface area contributed by atoms with Gasteiger partial charge in [0.2, 0.25) is 0 Å². The van der Waals surface area contributed by atoms with E-state index in [0.29, 0.717) is 42.7 Å². The molecule has 2 heterocycles. The maximum Gasteiger partial charge on any atom is 0.306 e. The van der Waals surface area contributed by atoms with Gasteiger partial charge in [-0.2, -0.15) is 0 Å². The van der Waals surface area contributed by atoms with E-state index < -0.39 is 0 Å².